The lowest BCUT2D eigenvalue weighted by atomic mass is 9.99. The fraction of sp³-hybridized carbons (Fsp3) is 0.692. The van der Waals surface area contributed by atoms with E-state index in [0.29, 0.717) is 6.54 Å². The van der Waals surface area contributed by atoms with Crippen molar-refractivity contribution in [1.82, 2.24) is 9.88 Å². The van der Waals surface area contributed by atoms with Gasteiger partial charge in [-0.15, -0.1) is 23.7 Å². The van der Waals surface area contributed by atoms with Gasteiger partial charge in [0.1, 0.15) is 0 Å². The maximum atomic E-state index is 12.1. The van der Waals surface area contributed by atoms with E-state index in [9.17, 15) is 4.79 Å². The molecule has 1 amide bonds. The summed E-state index contributed by atoms with van der Waals surface area (Å²) >= 11 is 1.68. The molecule has 1 rings (SSSR count). The third-order valence-electron chi connectivity index (χ3n) is 3.25. The van der Waals surface area contributed by atoms with Crippen molar-refractivity contribution >= 4 is 29.7 Å². The maximum Gasteiger partial charge on any atom is 0.239 e. The first-order valence-electron chi connectivity index (χ1n) is 6.37. The summed E-state index contributed by atoms with van der Waals surface area (Å²) in [7, 11) is 1.81. The van der Waals surface area contributed by atoms with Gasteiger partial charge in [0.05, 0.1) is 11.0 Å². The predicted molar refractivity (Wildman–Crippen MR) is 82.9 cm³/mol. The molecule has 4 nitrogen and oxygen atoms in total. The fourth-order valence-electron chi connectivity index (χ4n) is 1.64. The summed E-state index contributed by atoms with van der Waals surface area (Å²) in [6.07, 6.45) is 3.59. The van der Waals surface area contributed by atoms with E-state index in [1.54, 1.807) is 16.2 Å². The first-order chi connectivity index (χ1) is 8.45. The van der Waals surface area contributed by atoms with Crippen LogP contribution in [0.3, 0.4) is 0 Å². The molecule has 1 aromatic rings. The number of amides is 1. The Bertz CT molecular complexity index is 397. The molecular formula is C13H24ClN3OS. The number of aryl methyl sites for hydroxylation is 1. The van der Waals surface area contributed by atoms with E-state index in [1.165, 1.54) is 4.88 Å². The first kappa shape index (κ1) is 18.4. The van der Waals surface area contributed by atoms with E-state index in [2.05, 4.69) is 11.9 Å². The molecule has 0 aromatic carbocycles. The standard InChI is InChI=1S/C13H23N3OS.ClH/c1-5-9(2)12(14)13(17)16(4)7-6-11-15-8-10(3)18-11;/h8-9,12H,5-7,14H2,1-4H3;1H. The summed E-state index contributed by atoms with van der Waals surface area (Å²) in [4.78, 5) is 19.3. The summed E-state index contributed by atoms with van der Waals surface area (Å²) in [5, 5.41) is 1.07. The molecule has 110 valence electrons. The van der Waals surface area contributed by atoms with Gasteiger partial charge in [0.25, 0.3) is 0 Å². The molecule has 0 fully saturated rings. The molecule has 2 N–H and O–H groups in total. The number of hydrogen-bond donors (Lipinski definition) is 1. The number of nitrogens with two attached hydrogens (primary N) is 1. The minimum absolute atomic E-state index is 0. The molecule has 0 aliphatic rings. The van der Waals surface area contributed by atoms with Crippen molar-refractivity contribution in [2.75, 3.05) is 13.6 Å². The summed E-state index contributed by atoms with van der Waals surface area (Å²) in [5.41, 5.74) is 5.94. The van der Waals surface area contributed by atoms with Crippen LogP contribution in [0, 0.1) is 12.8 Å². The zero-order valence-electron chi connectivity index (χ0n) is 12.0. The zero-order valence-corrected chi connectivity index (χ0v) is 13.7. The smallest absolute Gasteiger partial charge is 0.239 e. The molecule has 0 spiro atoms. The van der Waals surface area contributed by atoms with Crippen LogP contribution < -0.4 is 5.73 Å². The van der Waals surface area contributed by atoms with Gasteiger partial charge in [0, 0.05) is 31.1 Å². The van der Waals surface area contributed by atoms with Gasteiger partial charge < -0.3 is 10.6 Å². The van der Waals surface area contributed by atoms with Crippen molar-refractivity contribution in [3.63, 3.8) is 0 Å². The van der Waals surface area contributed by atoms with Gasteiger partial charge in [0.2, 0.25) is 5.91 Å². The fourth-order valence-corrected chi connectivity index (χ4v) is 2.42. The summed E-state index contributed by atoms with van der Waals surface area (Å²) in [6, 6.07) is -0.391. The Hall–Kier alpha value is -0.650. The van der Waals surface area contributed by atoms with E-state index in [4.69, 9.17) is 5.73 Å². The van der Waals surface area contributed by atoms with Gasteiger partial charge >= 0.3 is 0 Å². The Morgan fingerprint density at radius 3 is 2.68 bits per heavy atom. The molecule has 0 bridgehead atoms. The highest BCUT2D eigenvalue weighted by Crippen LogP contribution is 2.13. The van der Waals surface area contributed by atoms with Gasteiger partial charge in [-0.1, -0.05) is 20.3 Å². The topological polar surface area (TPSA) is 59.2 Å². The van der Waals surface area contributed by atoms with Crippen LogP contribution in [0.2, 0.25) is 0 Å². The van der Waals surface area contributed by atoms with Crippen LogP contribution in [0.4, 0.5) is 0 Å². The third-order valence-corrected chi connectivity index (χ3v) is 4.22. The molecule has 1 aromatic heterocycles. The Morgan fingerprint density at radius 1 is 1.58 bits per heavy atom. The van der Waals surface area contributed by atoms with Gasteiger partial charge in [-0.05, 0) is 12.8 Å². The van der Waals surface area contributed by atoms with Crippen molar-refractivity contribution in [2.45, 2.75) is 39.7 Å². The molecule has 0 saturated heterocycles. The third kappa shape index (κ3) is 5.47. The highest BCUT2D eigenvalue weighted by Gasteiger charge is 2.22. The summed E-state index contributed by atoms with van der Waals surface area (Å²) < 4.78 is 0. The van der Waals surface area contributed by atoms with E-state index in [1.807, 2.05) is 27.1 Å². The Morgan fingerprint density at radius 2 is 2.21 bits per heavy atom. The summed E-state index contributed by atoms with van der Waals surface area (Å²) in [5.74, 6) is 0.250. The second-order valence-corrected chi connectivity index (χ2v) is 6.11. The Labute approximate surface area is 125 Å². The van der Waals surface area contributed by atoms with Crippen molar-refractivity contribution in [1.29, 1.82) is 0 Å². The minimum Gasteiger partial charge on any atom is -0.344 e. The molecule has 19 heavy (non-hydrogen) atoms. The van der Waals surface area contributed by atoms with E-state index in [0.717, 1.165) is 17.8 Å². The summed E-state index contributed by atoms with van der Waals surface area (Å²) in [6.45, 7) is 6.78. The van der Waals surface area contributed by atoms with Crippen LogP contribution in [0.15, 0.2) is 6.20 Å². The normalized spacial score (nSPS) is 13.5. The number of thiazole rings is 1. The van der Waals surface area contributed by atoms with Crippen LogP contribution in [0.1, 0.15) is 30.2 Å². The highest BCUT2D eigenvalue weighted by atomic mass is 35.5. The SMILES string of the molecule is CCC(C)C(N)C(=O)N(C)CCc1ncc(C)s1.Cl. The number of carbonyl (C=O) groups excluding carboxylic acids is 1. The predicted octanol–water partition coefficient (Wildman–Crippen LogP) is 2.25. The molecular weight excluding hydrogens is 282 g/mol. The number of likely N-dealkylation sites (N-methyl/N-ethyl adjacent to an activating group) is 1. The van der Waals surface area contributed by atoms with Crippen molar-refractivity contribution < 1.29 is 4.79 Å². The van der Waals surface area contributed by atoms with Crippen molar-refractivity contribution in [3.05, 3.63) is 16.1 Å². The first-order valence-corrected chi connectivity index (χ1v) is 7.19. The van der Waals surface area contributed by atoms with Gasteiger partial charge in [-0.2, -0.15) is 0 Å². The second kappa shape index (κ2) is 8.51. The molecule has 2 unspecified atom stereocenters. The molecule has 0 aliphatic carbocycles. The van der Waals surface area contributed by atoms with E-state index in [-0.39, 0.29) is 24.2 Å². The molecule has 0 saturated carbocycles. The number of rotatable bonds is 6. The van der Waals surface area contributed by atoms with Crippen LogP contribution in [-0.4, -0.2) is 35.4 Å². The lowest BCUT2D eigenvalue weighted by Crippen LogP contribution is -2.46. The average Bonchev–Trinajstić information content (AvgIpc) is 2.78. The number of halogens is 1. The van der Waals surface area contributed by atoms with E-state index >= 15 is 0 Å². The monoisotopic (exact) mass is 305 g/mol. The zero-order chi connectivity index (χ0) is 13.7. The second-order valence-electron chi connectivity index (χ2n) is 4.79. The molecule has 0 aliphatic heterocycles. The molecule has 1 heterocycles. The number of carbonyl (C=O) groups is 1. The van der Waals surface area contributed by atoms with Crippen LogP contribution >= 0.6 is 23.7 Å². The van der Waals surface area contributed by atoms with Crippen LogP contribution in [0.5, 0.6) is 0 Å². The van der Waals surface area contributed by atoms with E-state index < -0.39 is 6.04 Å². The largest absolute Gasteiger partial charge is 0.344 e. The lowest BCUT2D eigenvalue weighted by molar-refractivity contribution is -0.132. The number of nitrogens with zero attached hydrogens (tertiary/aromatic N) is 2. The Balaban J connectivity index is 0.00000324. The average molecular weight is 306 g/mol. The lowest BCUT2D eigenvalue weighted by Gasteiger charge is -2.24. The maximum absolute atomic E-state index is 12.1. The molecule has 2 atom stereocenters. The number of hydrogen-bond acceptors (Lipinski definition) is 4. The molecule has 0 radical (unpaired) electrons. The Kier molecular flexibility index (Phi) is 8.22. The van der Waals surface area contributed by atoms with Gasteiger partial charge in [-0.25, -0.2) is 4.98 Å². The highest BCUT2D eigenvalue weighted by molar-refractivity contribution is 7.11. The van der Waals surface area contributed by atoms with Crippen LogP contribution in [0.25, 0.3) is 0 Å². The van der Waals surface area contributed by atoms with Gasteiger partial charge in [-0.3, -0.25) is 4.79 Å². The number of aromatic nitrogens is 1. The molecule has 6 heteroatoms. The quantitative estimate of drug-likeness (QED) is 0.877. The van der Waals surface area contributed by atoms with Crippen molar-refractivity contribution in [3.8, 4) is 0 Å². The van der Waals surface area contributed by atoms with Crippen molar-refractivity contribution in [2.24, 2.45) is 11.7 Å². The van der Waals surface area contributed by atoms with Crippen LogP contribution in [-0.2, 0) is 11.2 Å². The minimum atomic E-state index is -0.391. The van der Waals surface area contributed by atoms with Gasteiger partial charge in [0.15, 0.2) is 0 Å².